The molecule has 3 rings (SSSR count). The molecule has 9 heteroatoms. The first-order valence-corrected chi connectivity index (χ1v) is 9.57. The molecule has 1 aromatic heterocycles. The summed E-state index contributed by atoms with van der Waals surface area (Å²) in [6.07, 6.45) is 0. The zero-order chi connectivity index (χ0) is 19.9. The van der Waals surface area contributed by atoms with Crippen molar-refractivity contribution < 1.29 is 13.9 Å². The van der Waals surface area contributed by atoms with Crippen LogP contribution in [0.3, 0.4) is 0 Å². The van der Waals surface area contributed by atoms with Crippen molar-refractivity contribution in [3.63, 3.8) is 0 Å². The highest BCUT2D eigenvalue weighted by atomic mass is 32.2. The van der Waals surface area contributed by atoms with Crippen molar-refractivity contribution in [3.05, 3.63) is 71.8 Å². The van der Waals surface area contributed by atoms with E-state index in [4.69, 9.17) is 10.6 Å². The number of nitrogens with one attached hydrogen (secondary N) is 1. The Morgan fingerprint density at radius 1 is 1.21 bits per heavy atom. The van der Waals surface area contributed by atoms with Gasteiger partial charge in [-0.1, -0.05) is 54.2 Å². The molecule has 0 saturated heterocycles. The zero-order valence-corrected chi connectivity index (χ0v) is 16.0. The number of rotatable bonds is 8. The van der Waals surface area contributed by atoms with E-state index >= 15 is 0 Å². The summed E-state index contributed by atoms with van der Waals surface area (Å²) in [4.78, 5) is 12.2. The lowest BCUT2D eigenvalue weighted by molar-refractivity contribution is -0.119. The van der Waals surface area contributed by atoms with Gasteiger partial charge in [-0.2, -0.15) is 0 Å². The molecule has 28 heavy (non-hydrogen) atoms. The first kappa shape index (κ1) is 19.7. The van der Waals surface area contributed by atoms with E-state index in [2.05, 4.69) is 15.5 Å². The average molecular weight is 401 g/mol. The van der Waals surface area contributed by atoms with Crippen LogP contribution < -0.4 is 15.9 Å². The van der Waals surface area contributed by atoms with Crippen molar-refractivity contribution in [1.29, 1.82) is 0 Å². The Hall–Kier alpha value is -3.07. The van der Waals surface area contributed by atoms with Gasteiger partial charge in [-0.3, -0.25) is 4.79 Å². The quantitative estimate of drug-likeness (QED) is 0.445. The van der Waals surface area contributed by atoms with Crippen LogP contribution in [-0.4, -0.2) is 26.5 Å². The third-order valence-corrected chi connectivity index (χ3v) is 4.88. The summed E-state index contributed by atoms with van der Waals surface area (Å²) in [7, 11) is 0. The Bertz CT molecular complexity index is 935. The van der Waals surface area contributed by atoms with E-state index < -0.39 is 5.82 Å². The van der Waals surface area contributed by atoms with E-state index in [0.717, 1.165) is 17.3 Å². The molecule has 0 aliphatic heterocycles. The number of carbonyl (C=O) groups excluding carboxylic acids is 1. The molecule has 0 radical (unpaired) electrons. The lowest BCUT2D eigenvalue weighted by atomic mass is 10.1. The Labute approximate surface area is 166 Å². The van der Waals surface area contributed by atoms with E-state index in [9.17, 15) is 9.18 Å². The number of ether oxygens (including phenoxy) is 1. The Balaban J connectivity index is 1.51. The van der Waals surface area contributed by atoms with Crippen molar-refractivity contribution in [3.8, 4) is 5.75 Å². The molecule has 3 N–H and O–H groups in total. The minimum Gasteiger partial charge on any atom is -0.482 e. The van der Waals surface area contributed by atoms with Crippen LogP contribution in [-0.2, 0) is 11.4 Å². The molecule has 0 aliphatic rings. The first-order chi connectivity index (χ1) is 13.5. The molecule has 0 fully saturated rings. The minimum atomic E-state index is -0.468. The molecule has 146 valence electrons. The van der Waals surface area contributed by atoms with Gasteiger partial charge in [0.15, 0.2) is 17.4 Å². The molecule has 0 spiro atoms. The van der Waals surface area contributed by atoms with Crippen LogP contribution in [0.15, 0.2) is 59.8 Å². The average Bonchev–Trinajstić information content (AvgIpc) is 3.06. The number of nitrogens with zero attached hydrogens (tertiary/aromatic N) is 3. The van der Waals surface area contributed by atoms with Gasteiger partial charge >= 0.3 is 0 Å². The van der Waals surface area contributed by atoms with Gasteiger partial charge in [-0.05, 0) is 24.6 Å². The van der Waals surface area contributed by atoms with Crippen LogP contribution in [0.25, 0.3) is 0 Å². The monoisotopic (exact) mass is 401 g/mol. The van der Waals surface area contributed by atoms with E-state index in [-0.39, 0.29) is 30.1 Å². The van der Waals surface area contributed by atoms with E-state index in [1.807, 2.05) is 37.3 Å². The molecule has 0 bridgehead atoms. The summed E-state index contributed by atoms with van der Waals surface area (Å²) < 4.78 is 20.2. The summed E-state index contributed by atoms with van der Waals surface area (Å²) in [5.41, 5.74) is 1.02. The number of hydrogen-bond donors (Lipinski definition) is 2. The number of halogens is 1. The van der Waals surface area contributed by atoms with Crippen LogP contribution in [0.2, 0.25) is 0 Å². The van der Waals surface area contributed by atoms with Crippen molar-refractivity contribution in [2.24, 2.45) is 0 Å². The van der Waals surface area contributed by atoms with Crippen LogP contribution in [0.1, 0.15) is 24.4 Å². The smallest absolute Gasteiger partial charge is 0.230 e. The SMILES string of the molecule is CC(NC(=O)CSc1nnc(COc2ccccc2F)n1N)c1ccccc1. The van der Waals surface area contributed by atoms with Gasteiger partial charge in [-0.15, -0.1) is 10.2 Å². The molecule has 1 unspecified atom stereocenters. The van der Waals surface area contributed by atoms with Crippen molar-refractivity contribution in [2.45, 2.75) is 24.7 Å². The third kappa shape index (κ3) is 5.01. The molecule has 0 aliphatic carbocycles. The lowest BCUT2D eigenvalue weighted by Crippen LogP contribution is -2.28. The van der Waals surface area contributed by atoms with E-state index in [1.54, 1.807) is 12.1 Å². The normalized spacial score (nSPS) is 11.8. The molecule has 3 aromatic rings. The number of nitrogen functional groups attached to an aromatic ring is 1. The fraction of sp³-hybridized carbons (Fsp3) is 0.211. The van der Waals surface area contributed by atoms with Gasteiger partial charge < -0.3 is 15.9 Å². The predicted octanol–water partition coefficient (Wildman–Crippen LogP) is 2.68. The van der Waals surface area contributed by atoms with Crippen LogP contribution >= 0.6 is 11.8 Å². The maximum absolute atomic E-state index is 13.6. The second kappa shape index (κ2) is 9.23. The van der Waals surface area contributed by atoms with Crippen molar-refractivity contribution in [1.82, 2.24) is 20.2 Å². The summed E-state index contributed by atoms with van der Waals surface area (Å²) in [5, 5.41) is 11.2. The van der Waals surface area contributed by atoms with Gasteiger partial charge in [0.1, 0.15) is 6.61 Å². The summed E-state index contributed by atoms with van der Waals surface area (Å²) in [6, 6.07) is 15.6. The van der Waals surface area contributed by atoms with E-state index in [1.165, 1.54) is 16.8 Å². The number of benzene rings is 2. The van der Waals surface area contributed by atoms with E-state index in [0.29, 0.717) is 11.0 Å². The minimum absolute atomic E-state index is 0.0395. The molecule has 7 nitrogen and oxygen atoms in total. The highest BCUT2D eigenvalue weighted by molar-refractivity contribution is 7.99. The molecule has 2 aromatic carbocycles. The lowest BCUT2D eigenvalue weighted by Gasteiger charge is -2.13. The van der Waals surface area contributed by atoms with Crippen LogP contribution in [0.4, 0.5) is 4.39 Å². The first-order valence-electron chi connectivity index (χ1n) is 8.58. The van der Waals surface area contributed by atoms with Crippen LogP contribution in [0, 0.1) is 5.82 Å². The topological polar surface area (TPSA) is 95.1 Å². The molecule has 1 amide bonds. The molecular weight excluding hydrogens is 381 g/mol. The Kier molecular flexibility index (Phi) is 6.49. The standard InChI is InChI=1S/C19H20FN5O2S/c1-13(14-7-3-2-4-8-14)22-18(26)12-28-19-24-23-17(25(19)21)11-27-16-10-6-5-9-15(16)20/h2-10,13H,11-12,21H2,1H3,(H,22,26). The second-order valence-electron chi connectivity index (χ2n) is 5.98. The zero-order valence-electron chi connectivity index (χ0n) is 15.2. The highest BCUT2D eigenvalue weighted by Crippen LogP contribution is 2.19. The molecule has 0 saturated carbocycles. The molecule has 1 atom stereocenters. The predicted molar refractivity (Wildman–Crippen MR) is 105 cm³/mol. The Morgan fingerprint density at radius 2 is 1.93 bits per heavy atom. The number of carbonyl (C=O) groups is 1. The number of hydrogen-bond acceptors (Lipinski definition) is 6. The van der Waals surface area contributed by atoms with Crippen molar-refractivity contribution >= 4 is 17.7 Å². The maximum atomic E-state index is 13.6. The number of thioether (sulfide) groups is 1. The van der Waals surface area contributed by atoms with Gasteiger partial charge in [0.25, 0.3) is 0 Å². The van der Waals surface area contributed by atoms with Gasteiger partial charge in [0.05, 0.1) is 11.8 Å². The summed E-state index contributed by atoms with van der Waals surface area (Å²) >= 11 is 1.16. The van der Waals surface area contributed by atoms with Gasteiger partial charge in [0, 0.05) is 0 Å². The fourth-order valence-electron chi connectivity index (χ4n) is 2.45. The summed E-state index contributed by atoms with van der Waals surface area (Å²) in [5.74, 6) is 5.90. The van der Waals surface area contributed by atoms with Crippen molar-refractivity contribution in [2.75, 3.05) is 11.6 Å². The van der Waals surface area contributed by atoms with Crippen LogP contribution in [0.5, 0.6) is 5.75 Å². The third-order valence-electron chi connectivity index (χ3n) is 3.94. The summed E-state index contributed by atoms with van der Waals surface area (Å²) in [6.45, 7) is 1.88. The number of para-hydroxylation sites is 1. The largest absolute Gasteiger partial charge is 0.482 e. The second-order valence-corrected chi connectivity index (χ2v) is 6.92. The fourth-order valence-corrected chi connectivity index (χ4v) is 3.13. The molecule has 1 heterocycles. The Morgan fingerprint density at radius 3 is 2.68 bits per heavy atom. The molecular formula is C19H20FN5O2S. The number of amides is 1. The van der Waals surface area contributed by atoms with Gasteiger partial charge in [-0.25, -0.2) is 9.07 Å². The highest BCUT2D eigenvalue weighted by Gasteiger charge is 2.15. The maximum Gasteiger partial charge on any atom is 0.230 e. The van der Waals surface area contributed by atoms with Gasteiger partial charge in [0.2, 0.25) is 11.1 Å². The number of aromatic nitrogens is 3. The number of nitrogens with two attached hydrogens (primary N) is 1.